The molecule has 0 aromatic rings. The molecule has 16 heavy (non-hydrogen) atoms. The van der Waals surface area contributed by atoms with Gasteiger partial charge in [0.2, 0.25) is 5.91 Å². The maximum atomic E-state index is 11.3. The van der Waals surface area contributed by atoms with Crippen molar-refractivity contribution in [3.05, 3.63) is 0 Å². The highest BCUT2D eigenvalue weighted by Crippen LogP contribution is 2.01. The largest absolute Gasteiger partial charge is 0.481 e. The lowest BCUT2D eigenvalue weighted by Gasteiger charge is -2.04. The van der Waals surface area contributed by atoms with Crippen molar-refractivity contribution in [1.82, 2.24) is 5.32 Å². The van der Waals surface area contributed by atoms with Gasteiger partial charge in [0.15, 0.2) is 0 Å². The minimum absolute atomic E-state index is 0.0342. The van der Waals surface area contributed by atoms with Crippen LogP contribution in [-0.2, 0) is 9.59 Å². The molecule has 0 saturated carbocycles. The molecule has 0 spiro atoms. The molecule has 0 unspecified atom stereocenters. The van der Waals surface area contributed by atoms with E-state index in [1.54, 1.807) is 0 Å². The molecule has 94 valence electrons. The van der Waals surface area contributed by atoms with Crippen molar-refractivity contribution in [1.29, 1.82) is 0 Å². The number of carboxylic acid groups (broad SMARTS) is 1. The molecule has 0 fully saturated rings. The highest BCUT2D eigenvalue weighted by Gasteiger charge is 2.01. The fourth-order valence-corrected chi connectivity index (χ4v) is 1.83. The van der Waals surface area contributed by atoms with Gasteiger partial charge in [-0.1, -0.05) is 6.92 Å². The number of thioether (sulfide) groups is 1. The normalized spacial score (nSPS) is 10.1. The molecular weight excluding hydrogens is 226 g/mol. The summed E-state index contributed by atoms with van der Waals surface area (Å²) < 4.78 is 0. The van der Waals surface area contributed by atoms with Crippen molar-refractivity contribution in [2.24, 2.45) is 0 Å². The van der Waals surface area contributed by atoms with Gasteiger partial charge in [0.25, 0.3) is 0 Å². The molecule has 1 amide bonds. The van der Waals surface area contributed by atoms with E-state index in [1.807, 2.05) is 11.8 Å². The molecule has 0 aliphatic rings. The lowest BCUT2D eigenvalue weighted by Crippen LogP contribution is -2.24. The summed E-state index contributed by atoms with van der Waals surface area (Å²) in [5.74, 6) is 1.43. The molecule has 0 heterocycles. The monoisotopic (exact) mass is 247 g/mol. The number of hydrogen-bond donors (Lipinski definition) is 2. The van der Waals surface area contributed by atoms with Gasteiger partial charge in [-0.15, -0.1) is 0 Å². The first-order valence-electron chi connectivity index (χ1n) is 5.73. The van der Waals surface area contributed by atoms with Crippen LogP contribution in [0.15, 0.2) is 0 Å². The summed E-state index contributed by atoms with van der Waals surface area (Å²) in [5, 5.41) is 11.2. The topological polar surface area (TPSA) is 66.4 Å². The van der Waals surface area contributed by atoms with Crippen LogP contribution >= 0.6 is 11.8 Å². The number of amides is 1. The van der Waals surface area contributed by atoms with Crippen LogP contribution in [0, 0.1) is 0 Å². The lowest BCUT2D eigenvalue weighted by molar-refractivity contribution is -0.137. The van der Waals surface area contributed by atoms with Crippen LogP contribution in [0.3, 0.4) is 0 Å². The number of rotatable bonds is 10. The Morgan fingerprint density at radius 1 is 1.19 bits per heavy atom. The van der Waals surface area contributed by atoms with Crippen molar-refractivity contribution < 1.29 is 14.7 Å². The van der Waals surface area contributed by atoms with Crippen molar-refractivity contribution in [3.8, 4) is 0 Å². The Morgan fingerprint density at radius 3 is 2.50 bits per heavy atom. The molecular formula is C11H21NO3S. The average Bonchev–Trinajstić information content (AvgIpc) is 2.24. The maximum Gasteiger partial charge on any atom is 0.303 e. The molecule has 5 heteroatoms. The van der Waals surface area contributed by atoms with Crippen molar-refractivity contribution in [2.75, 3.05) is 18.1 Å². The standard InChI is InChI=1S/C11H21NO3S/c1-2-16-9-5-8-12-10(13)6-3-4-7-11(14)15/h2-9H2,1H3,(H,12,13)(H,14,15). The van der Waals surface area contributed by atoms with Gasteiger partial charge in [-0.25, -0.2) is 0 Å². The minimum atomic E-state index is -0.794. The van der Waals surface area contributed by atoms with Crippen molar-refractivity contribution >= 4 is 23.6 Å². The average molecular weight is 247 g/mol. The third-order valence-electron chi connectivity index (χ3n) is 2.04. The van der Waals surface area contributed by atoms with E-state index >= 15 is 0 Å². The number of unbranched alkanes of at least 4 members (excludes halogenated alkanes) is 1. The fourth-order valence-electron chi connectivity index (χ4n) is 1.20. The highest BCUT2D eigenvalue weighted by atomic mass is 32.2. The lowest BCUT2D eigenvalue weighted by atomic mass is 10.2. The molecule has 2 N–H and O–H groups in total. The van der Waals surface area contributed by atoms with E-state index in [0.717, 1.165) is 24.5 Å². The third kappa shape index (κ3) is 11.4. The first-order valence-corrected chi connectivity index (χ1v) is 6.88. The molecule has 0 saturated heterocycles. The number of carboxylic acids is 1. The first-order chi connectivity index (χ1) is 7.66. The smallest absolute Gasteiger partial charge is 0.303 e. The van der Waals surface area contributed by atoms with E-state index in [-0.39, 0.29) is 12.3 Å². The van der Waals surface area contributed by atoms with Crippen molar-refractivity contribution in [2.45, 2.75) is 39.0 Å². The summed E-state index contributed by atoms with van der Waals surface area (Å²) in [6.07, 6.45) is 2.82. The Morgan fingerprint density at radius 2 is 1.88 bits per heavy atom. The third-order valence-corrected chi connectivity index (χ3v) is 3.02. The Labute approximate surface area is 101 Å². The summed E-state index contributed by atoms with van der Waals surface area (Å²) in [5.41, 5.74) is 0. The van der Waals surface area contributed by atoms with E-state index in [9.17, 15) is 9.59 Å². The van der Waals surface area contributed by atoms with Crippen LogP contribution in [0.2, 0.25) is 0 Å². The quantitative estimate of drug-likeness (QED) is 0.579. The molecule has 0 aromatic carbocycles. The van der Waals surface area contributed by atoms with E-state index in [2.05, 4.69) is 12.2 Å². The van der Waals surface area contributed by atoms with Crippen LogP contribution in [0.25, 0.3) is 0 Å². The van der Waals surface area contributed by atoms with Crippen LogP contribution < -0.4 is 5.32 Å². The van der Waals surface area contributed by atoms with Gasteiger partial charge in [0, 0.05) is 19.4 Å². The molecule has 0 rings (SSSR count). The molecule has 0 aliphatic heterocycles. The molecule has 0 aromatic heterocycles. The maximum absolute atomic E-state index is 11.3. The second kappa shape index (κ2) is 10.8. The number of carbonyl (C=O) groups is 2. The predicted molar refractivity (Wildman–Crippen MR) is 66.7 cm³/mol. The molecule has 0 radical (unpaired) electrons. The SMILES string of the molecule is CCSCCCNC(=O)CCCCC(=O)O. The van der Waals surface area contributed by atoms with E-state index in [1.165, 1.54) is 0 Å². The van der Waals surface area contributed by atoms with Gasteiger partial charge in [-0.3, -0.25) is 9.59 Å². The van der Waals surface area contributed by atoms with Gasteiger partial charge in [-0.05, 0) is 30.8 Å². The van der Waals surface area contributed by atoms with E-state index < -0.39 is 5.97 Å². The van der Waals surface area contributed by atoms with Gasteiger partial charge in [0.05, 0.1) is 0 Å². The first kappa shape index (κ1) is 15.3. The predicted octanol–water partition coefficient (Wildman–Crippen LogP) is 1.89. The van der Waals surface area contributed by atoms with Gasteiger partial charge < -0.3 is 10.4 Å². The molecule has 0 aliphatic carbocycles. The summed E-state index contributed by atoms with van der Waals surface area (Å²) in [7, 11) is 0. The van der Waals surface area contributed by atoms with Gasteiger partial charge >= 0.3 is 5.97 Å². The second-order valence-corrected chi connectivity index (χ2v) is 4.90. The number of hydrogen-bond acceptors (Lipinski definition) is 3. The van der Waals surface area contributed by atoms with Crippen molar-refractivity contribution in [3.63, 3.8) is 0 Å². The Balaban J connectivity index is 3.21. The van der Waals surface area contributed by atoms with Crippen LogP contribution in [0.4, 0.5) is 0 Å². The second-order valence-electron chi connectivity index (χ2n) is 3.50. The zero-order valence-electron chi connectivity index (χ0n) is 9.83. The Bertz CT molecular complexity index is 209. The van der Waals surface area contributed by atoms with Gasteiger partial charge in [0.1, 0.15) is 0 Å². The molecule has 0 bridgehead atoms. The number of nitrogens with one attached hydrogen (secondary N) is 1. The van der Waals surface area contributed by atoms with E-state index in [4.69, 9.17) is 5.11 Å². The zero-order valence-corrected chi connectivity index (χ0v) is 10.6. The number of carbonyl (C=O) groups excluding carboxylic acids is 1. The van der Waals surface area contributed by atoms with Crippen LogP contribution in [0.1, 0.15) is 39.0 Å². The van der Waals surface area contributed by atoms with Crippen LogP contribution in [0.5, 0.6) is 0 Å². The highest BCUT2D eigenvalue weighted by molar-refractivity contribution is 7.99. The summed E-state index contributed by atoms with van der Waals surface area (Å²) >= 11 is 1.87. The van der Waals surface area contributed by atoms with Crippen LogP contribution in [-0.4, -0.2) is 35.0 Å². The zero-order chi connectivity index (χ0) is 12.2. The summed E-state index contributed by atoms with van der Waals surface area (Å²) in [6, 6.07) is 0. The summed E-state index contributed by atoms with van der Waals surface area (Å²) in [4.78, 5) is 21.5. The minimum Gasteiger partial charge on any atom is -0.481 e. The molecule has 0 atom stereocenters. The van der Waals surface area contributed by atoms with Gasteiger partial charge in [-0.2, -0.15) is 11.8 Å². The fraction of sp³-hybridized carbons (Fsp3) is 0.818. The Hall–Kier alpha value is -0.710. The molecule has 4 nitrogen and oxygen atoms in total. The summed E-state index contributed by atoms with van der Waals surface area (Å²) in [6.45, 7) is 2.84. The Kier molecular flexibility index (Phi) is 10.3. The van der Waals surface area contributed by atoms with E-state index in [0.29, 0.717) is 19.3 Å². The number of aliphatic carboxylic acids is 1.